The third-order valence-electron chi connectivity index (χ3n) is 6.57. The van der Waals surface area contributed by atoms with Crippen LogP contribution in [0.5, 0.6) is 0 Å². The fourth-order valence-corrected chi connectivity index (χ4v) is 4.73. The number of hydroxylamine groups is 1. The lowest BCUT2D eigenvalue weighted by atomic mass is 9.87. The van der Waals surface area contributed by atoms with Crippen LogP contribution < -0.4 is 5.06 Å². The molecule has 3 aromatic rings. The van der Waals surface area contributed by atoms with Crippen LogP contribution in [0.1, 0.15) is 48.4 Å². The Kier molecular flexibility index (Phi) is 8.18. The SMILES string of the molecule is CCN(CC)CCCON1C(=O)C(c2ccc3ccccc3c2)c2c1cc(C#CCO)cc2C(F)(F)F. The summed E-state index contributed by atoms with van der Waals surface area (Å²) < 4.78 is 43.0. The molecule has 0 fully saturated rings. The van der Waals surface area contributed by atoms with E-state index in [9.17, 15) is 18.0 Å². The molecule has 194 valence electrons. The molecule has 37 heavy (non-hydrogen) atoms. The van der Waals surface area contributed by atoms with E-state index in [0.29, 0.717) is 12.0 Å². The van der Waals surface area contributed by atoms with Gasteiger partial charge in [-0.15, -0.1) is 0 Å². The summed E-state index contributed by atoms with van der Waals surface area (Å²) in [6, 6.07) is 15.1. The first-order chi connectivity index (χ1) is 17.8. The highest BCUT2D eigenvalue weighted by atomic mass is 19.4. The number of aliphatic hydroxyl groups is 1. The molecule has 0 saturated carbocycles. The van der Waals surface area contributed by atoms with Crippen LogP contribution >= 0.6 is 0 Å². The van der Waals surface area contributed by atoms with E-state index in [1.165, 1.54) is 6.07 Å². The van der Waals surface area contributed by atoms with E-state index in [0.717, 1.165) is 41.5 Å². The molecule has 0 spiro atoms. The number of anilines is 1. The summed E-state index contributed by atoms with van der Waals surface area (Å²) in [5, 5.41) is 11.8. The standard InChI is InChI=1S/C29H29F3N2O3/c1-3-33(4-2)14-8-16-37-34-25-18-20(9-7-15-35)17-24(29(30,31)32)27(25)26(28(34)36)23-13-12-21-10-5-6-11-22(21)19-23/h5-6,10-13,17-19,26,35H,3-4,8,14-16H2,1-2H3. The van der Waals surface area contributed by atoms with Crippen molar-refractivity contribution < 1.29 is 27.9 Å². The number of halogens is 3. The second kappa shape index (κ2) is 11.3. The van der Waals surface area contributed by atoms with Crippen LogP contribution in [0.4, 0.5) is 18.9 Å². The molecule has 3 aromatic carbocycles. The molecular weight excluding hydrogens is 481 g/mol. The molecule has 0 saturated heterocycles. The van der Waals surface area contributed by atoms with Gasteiger partial charge in [-0.25, -0.2) is 0 Å². The number of alkyl halides is 3. The highest BCUT2D eigenvalue weighted by Gasteiger charge is 2.47. The fraction of sp³-hybridized carbons (Fsp3) is 0.345. The maximum absolute atomic E-state index is 14.3. The van der Waals surface area contributed by atoms with Gasteiger partial charge >= 0.3 is 6.18 Å². The predicted molar refractivity (Wildman–Crippen MR) is 137 cm³/mol. The molecule has 0 radical (unpaired) electrons. The minimum Gasteiger partial charge on any atom is -0.384 e. The van der Waals surface area contributed by atoms with Gasteiger partial charge in [-0.2, -0.15) is 18.2 Å². The molecule has 1 atom stereocenters. The molecule has 1 heterocycles. The molecule has 5 nitrogen and oxygen atoms in total. The van der Waals surface area contributed by atoms with E-state index in [-0.39, 0.29) is 23.4 Å². The number of rotatable bonds is 8. The lowest BCUT2D eigenvalue weighted by Gasteiger charge is -2.21. The van der Waals surface area contributed by atoms with Crippen molar-refractivity contribution in [3.05, 3.63) is 76.9 Å². The van der Waals surface area contributed by atoms with Gasteiger partial charge in [0.2, 0.25) is 0 Å². The highest BCUT2D eigenvalue weighted by Crippen LogP contribution is 2.48. The van der Waals surface area contributed by atoms with E-state index < -0.39 is 30.2 Å². The maximum Gasteiger partial charge on any atom is 0.416 e. The molecule has 1 aliphatic rings. The first kappa shape index (κ1) is 26.7. The average Bonchev–Trinajstić information content (AvgIpc) is 3.17. The smallest absolute Gasteiger partial charge is 0.384 e. The number of hydrogen-bond donors (Lipinski definition) is 1. The van der Waals surface area contributed by atoms with Gasteiger partial charge in [0.25, 0.3) is 5.91 Å². The normalized spacial score (nSPS) is 15.3. The van der Waals surface area contributed by atoms with Crippen molar-refractivity contribution in [2.75, 3.05) is 37.9 Å². The summed E-state index contributed by atoms with van der Waals surface area (Å²) >= 11 is 0. The Hall–Kier alpha value is -3.38. The van der Waals surface area contributed by atoms with Crippen molar-refractivity contribution in [3.63, 3.8) is 0 Å². The molecule has 4 rings (SSSR count). The zero-order valence-electron chi connectivity index (χ0n) is 20.8. The van der Waals surface area contributed by atoms with E-state index in [4.69, 9.17) is 9.94 Å². The van der Waals surface area contributed by atoms with Crippen molar-refractivity contribution in [1.82, 2.24) is 4.90 Å². The molecule has 1 amide bonds. The van der Waals surface area contributed by atoms with Crippen LogP contribution in [0.15, 0.2) is 54.6 Å². The van der Waals surface area contributed by atoms with E-state index in [1.807, 2.05) is 38.1 Å². The van der Waals surface area contributed by atoms with Crippen molar-refractivity contribution >= 4 is 22.4 Å². The van der Waals surface area contributed by atoms with Crippen molar-refractivity contribution in [2.24, 2.45) is 0 Å². The van der Waals surface area contributed by atoms with Crippen LogP contribution in [0.25, 0.3) is 10.8 Å². The Morgan fingerprint density at radius 1 is 1.05 bits per heavy atom. The zero-order chi connectivity index (χ0) is 26.6. The second-order valence-corrected chi connectivity index (χ2v) is 8.80. The number of hydrogen-bond acceptors (Lipinski definition) is 4. The molecule has 1 unspecified atom stereocenters. The predicted octanol–water partition coefficient (Wildman–Crippen LogP) is 5.34. The summed E-state index contributed by atoms with van der Waals surface area (Å²) in [5.41, 5.74) is -0.551. The Labute approximate surface area is 214 Å². The number of fused-ring (bicyclic) bond motifs is 2. The van der Waals surface area contributed by atoms with E-state index in [1.54, 1.807) is 18.2 Å². The minimum absolute atomic E-state index is 0.0306. The summed E-state index contributed by atoms with van der Waals surface area (Å²) in [4.78, 5) is 21.7. The molecule has 1 aliphatic heterocycles. The third kappa shape index (κ3) is 5.64. The highest BCUT2D eigenvalue weighted by molar-refractivity contribution is 6.06. The Morgan fingerprint density at radius 2 is 1.78 bits per heavy atom. The van der Waals surface area contributed by atoms with E-state index >= 15 is 0 Å². The van der Waals surface area contributed by atoms with Crippen molar-refractivity contribution in [2.45, 2.75) is 32.4 Å². The second-order valence-electron chi connectivity index (χ2n) is 8.80. The first-order valence-electron chi connectivity index (χ1n) is 12.3. The van der Waals surface area contributed by atoms with E-state index in [2.05, 4.69) is 16.7 Å². The van der Waals surface area contributed by atoms with Gasteiger partial charge in [0.05, 0.1) is 23.8 Å². The molecule has 1 N–H and O–H groups in total. The quantitative estimate of drug-likeness (QED) is 0.328. The summed E-state index contributed by atoms with van der Waals surface area (Å²) in [7, 11) is 0. The first-order valence-corrected chi connectivity index (χ1v) is 12.3. The van der Waals surface area contributed by atoms with Gasteiger partial charge in [-0.1, -0.05) is 68.2 Å². The number of benzene rings is 3. The van der Waals surface area contributed by atoms with Crippen molar-refractivity contribution in [3.8, 4) is 11.8 Å². The Bertz CT molecular complexity index is 1340. The average molecular weight is 511 g/mol. The number of carbonyl (C=O) groups is 1. The van der Waals surface area contributed by atoms with Gasteiger partial charge in [0, 0.05) is 17.7 Å². The number of aliphatic hydroxyl groups excluding tert-OH is 1. The molecule has 8 heteroatoms. The minimum atomic E-state index is -4.73. The number of amides is 1. The van der Waals surface area contributed by atoms with Gasteiger partial charge in [-0.05, 0) is 48.0 Å². The largest absolute Gasteiger partial charge is 0.416 e. The van der Waals surface area contributed by atoms with Gasteiger partial charge in [0.15, 0.2) is 0 Å². The molecular formula is C29H29F3N2O3. The summed E-state index contributed by atoms with van der Waals surface area (Å²) in [6.07, 6.45) is -4.12. The van der Waals surface area contributed by atoms with Crippen LogP contribution in [0, 0.1) is 11.8 Å². The molecule has 0 bridgehead atoms. The maximum atomic E-state index is 14.3. The van der Waals surface area contributed by atoms with Gasteiger partial charge in [-0.3, -0.25) is 9.63 Å². The molecule has 0 aromatic heterocycles. The van der Waals surface area contributed by atoms with Crippen molar-refractivity contribution in [1.29, 1.82) is 0 Å². The lowest BCUT2D eigenvalue weighted by Crippen LogP contribution is -2.31. The lowest BCUT2D eigenvalue weighted by molar-refractivity contribution is -0.138. The summed E-state index contributed by atoms with van der Waals surface area (Å²) in [5.74, 6) is 3.18. The topological polar surface area (TPSA) is 53.0 Å². The van der Waals surface area contributed by atoms with Crippen LogP contribution in [0.2, 0.25) is 0 Å². The van der Waals surface area contributed by atoms with Gasteiger partial charge < -0.3 is 10.0 Å². The van der Waals surface area contributed by atoms with Crippen LogP contribution in [-0.2, 0) is 15.8 Å². The van der Waals surface area contributed by atoms with Gasteiger partial charge in [0.1, 0.15) is 6.61 Å². The Balaban J connectivity index is 1.80. The third-order valence-corrected chi connectivity index (χ3v) is 6.57. The zero-order valence-corrected chi connectivity index (χ0v) is 20.8. The summed E-state index contributed by atoms with van der Waals surface area (Å²) in [6.45, 7) is 6.24. The monoisotopic (exact) mass is 510 g/mol. The molecule has 0 aliphatic carbocycles. The number of nitrogens with zero attached hydrogens (tertiary/aromatic N) is 2. The van der Waals surface area contributed by atoms with Crippen LogP contribution in [0.3, 0.4) is 0 Å². The fourth-order valence-electron chi connectivity index (χ4n) is 4.73. The Morgan fingerprint density at radius 3 is 2.46 bits per heavy atom. The van der Waals surface area contributed by atoms with Crippen LogP contribution in [-0.4, -0.2) is 48.8 Å². The number of carbonyl (C=O) groups excluding carboxylic acids is 1.